The van der Waals surface area contributed by atoms with Gasteiger partial charge in [-0.05, 0) is 56.9 Å². The molecule has 5 heteroatoms. The summed E-state index contributed by atoms with van der Waals surface area (Å²) < 4.78 is 5.92. The number of carbonyl (C=O) groups is 1. The maximum Gasteiger partial charge on any atom is 0.287 e. The minimum absolute atomic E-state index is 0.103. The predicted octanol–water partition coefficient (Wildman–Crippen LogP) is 4.40. The molecule has 1 amide bonds. The van der Waals surface area contributed by atoms with Gasteiger partial charge < -0.3 is 9.73 Å². The Bertz CT molecular complexity index is 972. The predicted molar refractivity (Wildman–Crippen MR) is 110 cm³/mol. The Morgan fingerprint density at radius 3 is 2.57 bits per heavy atom. The number of nitrogens with one attached hydrogen (secondary N) is 1. The van der Waals surface area contributed by atoms with Crippen molar-refractivity contribution in [1.82, 2.24) is 15.2 Å². The molecule has 0 radical (unpaired) electrons. The van der Waals surface area contributed by atoms with E-state index in [1.54, 1.807) is 0 Å². The number of piperidine rings is 1. The summed E-state index contributed by atoms with van der Waals surface area (Å²) in [4.78, 5) is 19.4. The highest BCUT2D eigenvalue weighted by Crippen LogP contribution is 2.28. The number of pyridine rings is 1. The van der Waals surface area contributed by atoms with Crippen molar-refractivity contribution in [2.75, 3.05) is 13.1 Å². The first kappa shape index (κ1) is 18.7. The third-order valence-corrected chi connectivity index (χ3v) is 5.97. The van der Waals surface area contributed by atoms with Crippen LogP contribution in [0.5, 0.6) is 0 Å². The van der Waals surface area contributed by atoms with Crippen molar-refractivity contribution >= 4 is 16.9 Å². The molecule has 1 atom stereocenters. The molecule has 3 aromatic rings. The van der Waals surface area contributed by atoms with Crippen LogP contribution >= 0.6 is 0 Å². The average Bonchev–Trinajstić information content (AvgIpc) is 3.07. The van der Waals surface area contributed by atoms with Gasteiger partial charge in [-0.3, -0.25) is 14.7 Å². The number of carbonyl (C=O) groups excluding carboxylic acids is 1. The second-order valence-corrected chi connectivity index (χ2v) is 7.75. The molecular formula is C23H27N3O2. The van der Waals surface area contributed by atoms with E-state index in [-0.39, 0.29) is 11.9 Å². The SMILES string of the molecule is Cc1c(C(=O)NC2CCN([C@@H](C)c3ccncc3)CC2)oc2c(C)cccc12. The number of fused-ring (bicyclic) bond motifs is 1. The van der Waals surface area contributed by atoms with E-state index in [0.717, 1.165) is 48.0 Å². The first-order valence-electron chi connectivity index (χ1n) is 9.98. The van der Waals surface area contributed by atoms with Crippen LogP contribution in [0.2, 0.25) is 0 Å². The van der Waals surface area contributed by atoms with Crippen LogP contribution in [0.1, 0.15) is 53.1 Å². The van der Waals surface area contributed by atoms with Crippen molar-refractivity contribution < 1.29 is 9.21 Å². The molecule has 3 heterocycles. The summed E-state index contributed by atoms with van der Waals surface area (Å²) in [5, 5.41) is 4.21. The lowest BCUT2D eigenvalue weighted by Gasteiger charge is -2.36. The first-order chi connectivity index (χ1) is 13.5. The van der Waals surface area contributed by atoms with E-state index in [9.17, 15) is 4.79 Å². The second-order valence-electron chi connectivity index (χ2n) is 7.75. The summed E-state index contributed by atoms with van der Waals surface area (Å²) in [7, 11) is 0. The fourth-order valence-electron chi connectivity index (χ4n) is 4.14. The highest BCUT2D eigenvalue weighted by atomic mass is 16.3. The molecule has 0 aliphatic carbocycles. The van der Waals surface area contributed by atoms with Gasteiger partial charge in [0, 0.05) is 48.5 Å². The van der Waals surface area contributed by atoms with Gasteiger partial charge in [0.2, 0.25) is 0 Å². The number of rotatable bonds is 4. The monoisotopic (exact) mass is 377 g/mol. The summed E-state index contributed by atoms with van der Waals surface area (Å²) in [6.07, 6.45) is 5.57. The molecule has 4 rings (SSSR count). The van der Waals surface area contributed by atoms with Gasteiger partial charge in [0.1, 0.15) is 5.58 Å². The molecule has 0 saturated carbocycles. The van der Waals surface area contributed by atoms with E-state index in [4.69, 9.17) is 4.42 Å². The van der Waals surface area contributed by atoms with Gasteiger partial charge in [-0.25, -0.2) is 0 Å². The summed E-state index contributed by atoms with van der Waals surface area (Å²) in [5.41, 5.74) is 4.06. The average molecular weight is 377 g/mol. The van der Waals surface area contributed by atoms with E-state index in [1.807, 2.05) is 44.4 Å². The van der Waals surface area contributed by atoms with Gasteiger partial charge in [-0.15, -0.1) is 0 Å². The fraction of sp³-hybridized carbons (Fsp3) is 0.391. The number of likely N-dealkylation sites (tertiary alicyclic amines) is 1. The van der Waals surface area contributed by atoms with Gasteiger partial charge >= 0.3 is 0 Å². The third kappa shape index (κ3) is 3.54. The Kier molecular flexibility index (Phi) is 5.18. The first-order valence-corrected chi connectivity index (χ1v) is 9.98. The van der Waals surface area contributed by atoms with Gasteiger partial charge in [-0.1, -0.05) is 18.2 Å². The molecule has 5 nitrogen and oxygen atoms in total. The fourth-order valence-corrected chi connectivity index (χ4v) is 4.14. The molecule has 1 aliphatic rings. The lowest BCUT2D eigenvalue weighted by atomic mass is 10.0. The van der Waals surface area contributed by atoms with E-state index >= 15 is 0 Å². The Labute approximate surface area is 165 Å². The molecule has 1 fully saturated rings. The van der Waals surface area contributed by atoms with Gasteiger partial charge in [0.05, 0.1) is 0 Å². The van der Waals surface area contributed by atoms with Crippen LogP contribution in [-0.4, -0.2) is 34.9 Å². The van der Waals surface area contributed by atoms with Crippen LogP contribution in [0.15, 0.2) is 47.1 Å². The molecule has 1 saturated heterocycles. The van der Waals surface area contributed by atoms with Crippen molar-refractivity contribution in [3.8, 4) is 0 Å². The Hall–Kier alpha value is -2.66. The summed E-state index contributed by atoms with van der Waals surface area (Å²) in [5.74, 6) is 0.339. The molecule has 0 bridgehead atoms. The number of nitrogens with zero attached hydrogens (tertiary/aromatic N) is 2. The van der Waals surface area contributed by atoms with Crippen molar-refractivity contribution in [3.63, 3.8) is 0 Å². The topological polar surface area (TPSA) is 58.4 Å². The molecule has 1 aliphatic heterocycles. The molecule has 1 N–H and O–H groups in total. The zero-order valence-corrected chi connectivity index (χ0v) is 16.7. The largest absolute Gasteiger partial charge is 0.450 e. The van der Waals surface area contributed by atoms with Gasteiger partial charge in [0.15, 0.2) is 5.76 Å². The minimum atomic E-state index is -0.103. The molecular weight excluding hydrogens is 350 g/mol. The highest BCUT2D eigenvalue weighted by molar-refractivity contribution is 5.99. The highest BCUT2D eigenvalue weighted by Gasteiger charge is 2.26. The Morgan fingerprint density at radius 2 is 1.89 bits per heavy atom. The normalized spacial score (nSPS) is 17.0. The number of benzene rings is 1. The maximum absolute atomic E-state index is 12.8. The van der Waals surface area contributed by atoms with Crippen LogP contribution in [0.25, 0.3) is 11.0 Å². The van der Waals surface area contributed by atoms with Crippen molar-refractivity contribution in [2.24, 2.45) is 0 Å². The summed E-state index contributed by atoms with van der Waals surface area (Å²) in [6.45, 7) is 8.12. The smallest absolute Gasteiger partial charge is 0.287 e. The van der Waals surface area contributed by atoms with E-state index in [2.05, 4.69) is 34.3 Å². The number of hydrogen-bond acceptors (Lipinski definition) is 4. The number of hydrogen-bond donors (Lipinski definition) is 1. The molecule has 2 aromatic heterocycles. The zero-order valence-electron chi connectivity index (χ0n) is 16.7. The van der Waals surface area contributed by atoms with E-state index in [1.165, 1.54) is 5.56 Å². The van der Waals surface area contributed by atoms with Crippen molar-refractivity contribution in [2.45, 2.75) is 45.7 Å². The third-order valence-electron chi connectivity index (χ3n) is 5.97. The number of amides is 1. The Balaban J connectivity index is 1.39. The Morgan fingerprint density at radius 1 is 1.18 bits per heavy atom. The molecule has 0 spiro atoms. The molecule has 0 unspecified atom stereocenters. The number of aromatic nitrogens is 1. The van der Waals surface area contributed by atoms with Crippen LogP contribution < -0.4 is 5.32 Å². The van der Waals surface area contributed by atoms with Gasteiger partial charge in [-0.2, -0.15) is 0 Å². The minimum Gasteiger partial charge on any atom is -0.450 e. The lowest BCUT2D eigenvalue weighted by molar-refractivity contribution is 0.0870. The standard InChI is InChI=1S/C23H27N3O2/c1-15-5-4-6-20-16(2)22(28-21(15)20)23(27)25-19-9-13-26(14-10-19)17(3)18-7-11-24-12-8-18/h4-8,11-12,17,19H,9-10,13-14H2,1-3H3,(H,25,27)/t17-/m0/s1. The summed E-state index contributed by atoms with van der Waals surface area (Å²) in [6, 6.07) is 10.7. The lowest BCUT2D eigenvalue weighted by Crippen LogP contribution is -2.45. The van der Waals surface area contributed by atoms with E-state index in [0.29, 0.717) is 11.8 Å². The molecule has 28 heavy (non-hydrogen) atoms. The molecule has 1 aromatic carbocycles. The van der Waals surface area contributed by atoms with Crippen LogP contribution in [0.3, 0.4) is 0 Å². The second kappa shape index (κ2) is 7.76. The number of para-hydroxylation sites is 1. The molecule has 146 valence electrons. The van der Waals surface area contributed by atoms with Crippen LogP contribution in [-0.2, 0) is 0 Å². The van der Waals surface area contributed by atoms with Gasteiger partial charge in [0.25, 0.3) is 5.91 Å². The number of aryl methyl sites for hydroxylation is 2. The van der Waals surface area contributed by atoms with Crippen LogP contribution in [0, 0.1) is 13.8 Å². The van der Waals surface area contributed by atoms with E-state index < -0.39 is 0 Å². The van der Waals surface area contributed by atoms with Crippen molar-refractivity contribution in [1.29, 1.82) is 0 Å². The van der Waals surface area contributed by atoms with Crippen molar-refractivity contribution in [3.05, 3.63) is 65.2 Å². The number of furan rings is 1. The quantitative estimate of drug-likeness (QED) is 0.732. The maximum atomic E-state index is 12.8. The summed E-state index contributed by atoms with van der Waals surface area (Å²) >= 11 is 0. The zero-order chi connectivity index (χ0) is 19.7. The van der Waals surface area contributed by atoms with Crippen LogP contribution in [0.4, 0.5) is 0 Å².